The summed E-state index contributed by atoms with van der Waals surface area (Å²) in [5.41, 5.74) is 1.79. The average molecular weight is 243 g/mol. The predicted octanol–water partition coefficient (Wildman–Crippen LogP) is 3.31. The number of thiazole rings is 1. The van der Waals surface area contributed by atoms with Crippen LogP contribution in [0.4, 0.5) is 0 Å². The molecular weight excluding hydrogens is 230 g/mol. The Kier molecular flexibility index (Phi) is 7.99. The Hall–Kier alpha value is -2.07. The smallest absolute Gasteiger partial charge is 0.0791 e. The molecule has 0 saturated heterocycles. The van der Waals surface area contributed by atoms with Crippen molar-refractivity contribution in [1.82, 2.24) is 15.0 Å². The molecule has 3 aromatic heterocycles. The van der Waals surface area contributed by atoms with Crippen LogP contribution < -0.4 is 0 Å². The summed E-state index contributed by atoms with van der Waals surface area (Å²) in [6, 6.07) is 11.4. The molecule has 3 aromatic rings. The molecule has 3 nitrogen and oxygen atoms in total. The molecule has 0 N–H and O–H groups in total. The highest BCUT2D eigenvalue weighted by atomic mass is 32.1. The van der Waals surface area contributed by atoms with Gasteiger partial charge in [-0.15, -0.1) is 11.3 Å². The lowest BCUT2D eigenvalue weighted by molar-refractivity contribution is 1.33. The van der Waals surface area contributed by atoms with Gasteiger partial charge in [0.05, 0.1) is 5.51 Å². The summed E-state index contributed by atoms with van der Waals surface area (Å²) in [7, 11) is 0. The van der Waals surface area contributed by atoms with Crippen LogP contribution >= 0.6 is 11.3 Å². The molecule has 86 valence electrons. The lowest BCUT2D eigenvalue weighted by Crippen LogP contribution is -1.58. The summed E-state index contributed by atoms with van der Waals surface area (Å²) in [6.45, 7) is 0. The number of aromatic nitrogens is 3. The van der Waals surface area contributed by atoms with Crippen molar-refractivity contribution in [3.8, 4) is 0 Å². The van der Waals surface area contributed by atoms with Gasteiger partial charge < -0.3 is 0 Å². The Morgan fingerprint density at radius 1 is 0.529 bits per heavy atom. The molecule has 0 unspecified atom stereocenters. The Balaban J connectivity index is 0.000000128. The molecule has 0 amide bonds. The lowest BCUT2D eigenvalue weighted by Gasteiger charge is -1.70. The van der Waals surface area contributed by atoms with Gasteiger partial charge in [0, 0.05) is 36.4 Å². The van der Waals surface area contributed by atoms with Crippen molar-refractivity contribution in [3.63, 3.8) is 0 Å². The highest BCUT2D eigenvalue weighted by Crippen LogP contribution is 1.85. The van der Waals surface area contributed by atoms with Crippen LogP contribution in [-0.2, 0) is 0 Å². The SMILES string of the molecule is c1ccncc1.c1ccncc1.c1cscn1. The molecule has 0 aromatic carbocycles. The van der Waals surface area contributed by atoms with Crippen molar-refractivity contribution in [3.05, 3.63) is 78.3 Å². The van der Waals surface area contributed by atoms with Gasteiger partial charge in [0.25, 0.3) is 0 Å². The summed E-state index contributed by atoms with van der Waals surface area (Å²) in [5.74, 6) is 0. The molecule has 0 aliphatic rings. The summed E-state index contributed by atoms with van der Waals surface area (Å²) in [4.78, 5) is 11.3. The maximum Gasteiger partial charge on any atom is 0.0791 e. The fourth-order valence-electron chi connectivity index (χ4n) is 0.801. The van der Waals surface area contributed by atoms with Gasteiger partial charge in [0.2, 0.25) is 0 Å². The van der Waals surface area contributed by atoms with Crippen LogP contribution in [0, 0.1) is 0 Å². The molecule has 17 heavy (non-hydrogen) atoms. The number of rotatable bonds is 0. The Bertz CT molecular complexity index is 327. The van der Waals surface area contributed by atoms with E-state index in [9.17, 15) is 0 Å². The number of hydrogen-bond donors (Lipinski definition) is 0. The van der Waals surface area contributed by atoms with Crippen molar-refractivity contribution >= 4 is 11.3 Å². The van der Waals surface area contributed by atoms with Gasteiger partial charge >= 0.3 is 0 Å². The Morgan fingerprint density at radius 3 is 1.18 bits per heavy atom. The third kappa shape index (κ3) is 8.89. The molecule has 0 spiro atoms. The second kappa shape index (κ2) is 10.4. The zero-order valence-corrected chi connectivity index (χ0v) is 10.1. The summed E-state index contributed by atoms with van der Waals surface area (Å²) in [5, 5.41) is 1.93. The molecule has 3 heterocycles. The predicted molar refractivity (Wildman–Crippen MR) is 70.6 cm³/mol. The Morgan fingerprint density at radius 2 is 1.06 bits per heavy atom. The first kappa shape index (κ1) is 13.0. The normalized spacial score (nSPS) is 8.00. The minimum atomic E-state index is 1.60. The van der Waals surface area contributed by atoms with Crippen LogP contribution in [0.1, 0.15) is 0 Å². The van der Waals surface area contributed by atoms with Gasteiger partial charge in [-0.1, -0.05) is 12.1 Å². The van der Waals surface area contributed by atoms with E-state index in [1.54, 1.807) is 47.8 Å². The van der Waals surface area contributed by atoms with Gasteiger partial charge in [0.15, 0.2) is 0 Å². The molecule has 0 atom stereocenters. The van der Waals surface area contributed by atoms with E-state index >= 15 is 0 Å². The minimum Gasteiger partial charge on any atom is -0.265 e. The van der Waals surface area contributed by atoms with E-state index in [1.807, 2.05) is 41.8 Å². The standard InChI is InChI=1S/2C5H5N.C3H3NS/c2*1-2-4-6-5-3-1;1-2-5-3-4-1/h2*1-5H;1-3H. The van der Waals surface area contributed by atoms with Crippen LogP contribution in [0.3, 0.4) is 0 Å². The molecular formula is C13H13N3S. The topological polar surface area (TPSA) is 38.7 Å². The van der Waals surface area contributed by atoms with E-state index in [0.29, 0.717) is 0 Å². The zero-order valence-electron chi connectivity index (χ0n) is 9.26. The monoisotopic (exact) mass is 243 g/mol. The number of nitrogens with zero attached hydrogens (tertiary/aromatic N) is 3. The highest BCUT2D eigenvalue weighted by Gasteiger charge is 1.60. The summed E-state index contributed by atoms with van der Waals surface area (Å²) in [6.07, 6.45) is 8.77. The van der Waals surface area contributed by atoms with E-state index in [1.165, 1.54) is 0 Å². The van der Waals surface area contributed by atoms with Crippen molar-refractivity contribution in [2.45, 2.75) is 0 Å². The maximum absolute atomic E-state index is 3.78. The number of pyridine rings is 2. The van der Waals surface area contributed by atoms with Gasteiger partial charge in [-0.25, -0.2) is 0 Å². The second-order valence-electron chi connectivity index (χ2n) is 2.72. The van der Waals surface area contributed by atoms with Gasteiger partial charge in [-0.2, -0.15) is 0 Å². The van der Waals surface area contributed by atoms with Crippen LogP contribution in [0.25, 0.3) is 0 Å². The second-order valence-corrected chi connectivity index (χ2v) is 3.48. The fraction of sp³-hybridized carbons (Fsp3) is 0. The van der Waals surface area contributed by atoms with Crippen molar-refractivity contribution < 1.29 is 0 Å². The van der Waals surface area contributed by atoms with E-state index in [4.69, 9.17) is 0 Å². The quantitative estimate of drug-likeness (QED) is 0.608. The number of hydrogen-bond acceptors (Lipinski definition) is 4. The molecule has 3 rings (SSSR count). The van der Waals surface area contributed by atoms with Crippen molar-refractivity contribution in [2.75, 3.05) is 0 Å². The zero-order chi connectivity index (χ0) is 12.0. The average Bonchev–Trinajstić information content (AvgIpc) is 3.03. The van der Waals surface area contributed by atoms with Gasteiger partial charge in [0.1, 0.15) is 0 Å². The first-order valence-corrected chi connectivity index (χ1v) is 5.96. The van der Waals surface area contributed by atoms with Gasteiger partial charge in [-0.3, -0.25) is 15.0 Å². The van der Waals surface area contributed by atoms with Crippen LogP contribution in [0.15, 0.2) is 78.3 Å². The van der Waals surface area contributed by atoms with E-state index < -0.39 is 0 Å². The van der Waals surface area contributed by atoms with E-state index in [0.717, 1.165) is 0 Å². The molecule has 4 heteroatoms. The molecule has 0 radical (unpaired) electrons. The molecule has 0 aliphatic heterocycles. The van der Waals surface area contributed by atoms with Crippen LogP contribution in [0.2, 0.25) is 0 Å². The molecule has 0 saturated carbocycles. The largest absolute Gasteiger partial charge is 0.265 e. The minimum absolute atomic E-state index is 1.60. The Labute approximate surface area is 105 Å². The fourth-order valence-corrected chi connectivity index (χ4v) is 1.15. The molecule has 0 aliphatic carbocycles. The van der Waals surface area contributed by atoms with Crippen molar-refractivity contribution in [1.29, 1.82) is 0 Å². The van der Waals surface area contributed by atoms with E-state index in [-0.39, 0.29) is 0 Å². The van der Waals surface area contributed by atoms with Crippen LogP contribution in [0.5, 0.6) is 0 Å². The van der Waals surface area contributed by atoms with E-state index in [2.05, 4.69) is 15.0 Å². The summed E-state index contributed by atoms with van der Waals surface area (Å²) < 4.78 is 0. The highest BCUT2D eigenvalue weighted by molar-refractivity contribution is 7.07. The first-order valence-electron chi connectivity index (χ1n) is 5.02. The third-order valence-corrected chi connectivity index (χ3v) is 2.00. The lowest BCUT2D eigenvalue weighted by atomic mass is 10.5. The third-order valence-electron chi connectivity index (χ3n) is 1.48. The van der Waals surface area contributed by atoms with Crippen molar-refractivity contribution in [2.24, 2.45) is 0 Å². The van der Waals surface area contributed by atoms with Gasteiger partial charge in [-0.05, 0) is 24.3 Å². The molecule has 0 bridgehead atoms. The maximum atomic E-state index is 3.78. The summed E-state index contributed by atoms with van der Waals surface area (Å²) >= 11 is 1.60. The molecule has 0 fully saturated rings. The van der Waals surface area contributed by atoms with Crippen LogP contribution in [-0.4, -0.2) is 15.0 Å². The first-order chi connectivity index (χ1) is 8.50.